The smallest absolute Gasteiger partial charge is 0.446 e. The standard InChI is InChI=1S/C21H26ClN3O3.C17H18ClN3O3.C2HF3O/c1-21(2,3)28-20(26)15-8-9-17(23-19(15)22)25-11-10-18(24-25)27-12-16(13-4-5-13)14-6-7-14;18-16-12(17(22)23)5-6-14(19-16)21-8-7-15(20-21)24-9-13(10-1-2-10)11-3-4-11;3-2(4,5)1-6/h8-11,13-14,16H,4-7,12H2,1-3H3;5-8,10-11,13H,1-4,9H2,(H,22,23);1H. The molecule has 4 aromatic rings. The summed E-state index contributed by atoms with van der Waals surface area (Å²) in [4.78, 5) is 40.3. The van der Waals surface area contributed by atoms with E-state index in [0.29, 0.717) is 35.2 Å². The number of pyridine rings is 2. The van der Waals surface area contributed by atoms with Crippen LogP contribution < -0.4 is 9.47 Å². The Balaban J connectivity index is 0.000000173. The van der Waals surface area contributed by atoms with Crippen LogP contribution in [0, 0.1) is 35.5 Å². The number of carboxylic acid groups (broad SMARTS) is 1. The van der Waals surface area contributed by atoms with Crippen molar-refractivity contribution in [1.29, 1.82) is 0 Å². The molecule has 0 saturated heterocycles. The first kappa shape index (κ1) is 42.9. The molecule has 0 amide bonds. The maximum atomic E-state index is 12.2. The van der Waals surface area contributed by atoms with Crippen LogP contribution in [-0.4, -0.2) is 77.9 Å². The molecule has 1 N–H and O–H groups in total. The maximum Gasteiger partial charge on any atom is 0.446 e. The van der Waals surface area contributed by atoms with Gasteiger partial charge in [0.2, 0.25) is 18.0 Å². The second kappa shape index (κ2) is 18.1. The van der Waals surface area contributed by atoms with Crippen LogP contribution in [0.5, 0.6) is 11.8 Å². The summed E-state index contributed by atoms with van der Waals surface area (Å²) in [6.07, 6.45) is 8.49. The number of nitrogens with zero attached hydrogens (tertiary/aromatic N) is 6. The topological polar surface area (TPSA) is 161 Å². The Kier molecular flexibility index (Phi) is 13.4. The third-order valence-electron chi connectivity index (χ3n) is 10.0. The number of aromatic nitrogens is 6. The lowest BCUT2D eigenvalue weighted by atomic mass is 9.99. The molecular weight excluding hydrogens is 804 g/mol. The van der Waals surface area contributed by atoms with E-state index in [4.69, 9.17) is 47.3 Å². The molecule has 13 nitrogen and oxygen atoms in total. The fourth-order valence-electron chi connectivity index (χ4n) is 6.55. The number of carbonyl (C=O) groups excluding carboxylic acids is 2. The lowest BCUT2D eigenvalue weighted by molar-refractivity contribution is -0.156. The number of ether oxygens (including phenoxy) is 3. The molecule has 18 heteroatoms. The highest BCUT2D eigenvalue weighted by Crippen LogP contribution is 2.50. The van der Waals surface area contributed by atoms with Gasteiger partial charge < -0.3 is 19.3 Å². The number of esters is 1. The highest BCUT2D eigenvalue weighted by Gasteiger charge is 2.42. The molecule has 0 radical (unpaired) electrons. The summed E-state index contributed by atoms with van der Waals surface area (Å²) in [6, 6.07) is 9.91. The zero-order chi connectivity index (χ0) is 41.8. The summed E-state index contributed by atoms with van der Waals surface area (Å²) in [7, 11) is 0. The van der Waals surface area contributed by atoms with Gasteiger partial charge in [-0.2, -0.15) is 13.2 Å². The van der Waals surface area contributed by atoms with Crippen LogP contribution in [-0.2, 0) is 9.53 Å². The van der Waals surface area contributed by atoms with Crippen LogP contribution in [0.3, 0.4) is 0 Å². The number of aldehydes is 1. The molecule has 8 rings (SSSR count). The molecular formula is C40H45Cl2F3N6O7. The van der Waals surface area contributed by atoms with Gasteiger partial charge in [-0.05, 0) is 132 Å². The molecule has 0 aliphatic heterocycles. The monoisotopic (exact) mass is 848 g/mol. The Labute approximate surface area is 343 Å². The van der Waals surface area contributed by atoms with Crippen LogP contribution in [0.4, 0.5) is 13.2 Å². The molecule has 58 heavy (non-hydrogen) atoms. The molecule has 0 unspecified atom stereocenters. The summed E-state index contributed by atoms with van der Waals surface area (Å²) < 4.78 is 51.6. The van der Waals surface area contributed by atoms with Crippen LogP contribution in [0.1, 0.15) is 92.9 Å². The van der Waals surface area contributed by atoms with Gasteiger partial charge in [-0.1, -0.05) is 23.2 Å². The average Bonchev–Trinajstić information content (AvgIpc) is 3.93. The number of halogens is 5. The summed E-state index contributed by atoms with van der Waals surface area (Å²) >= 11 is 12.1. The molecule has 0 bridgehead atoms. The molecule has 0 spiro atoms. The lowest BCUT2D eigenvalue weighted by Crippen LogP contribution is -2.24. The summed E-state index contributed by atoms with van der Waals surface area (Å²) in [5.74, 6) is 5.22. The van der Waals surface area contributed by atoms with Crippen molar-refractivity contribution in [2.24, 2.45) is 35.5 Å². The van der Waals surface area contributed by atoms with Gasteiger partial charge in [0.1, 0.15) is 15.9 Å². The number of rotatable bonds is 14. The predicted molar refractivity (Wildman–Crippen MR) is 206 cm³/mol. The number of hydrogen-bond donors (Lipinski definition) is 1. The highest BCUT2D eigenvalue weighted by molar-refractivity contribution is 6.32. The second-order valence-electron chi connectivity index (χ2n) is 16.0. The number of carboxylic acids is 1. The zero-order valence-electron chi connectivity index (χ0n) is 32.2. The summed E-state index contributed by atoms with van der Waals surface area (Å²) in [6.45, 7) is 6.88. The molecule has 0 aromatic carbocycles. The van der Waals surface area contributed by atoms with E-state index in [1.54, 1.807) is 41.3 Å². The van der Waals surface area contributed by atoms with E-state index in [9.17, 15) is 22.8 Å². The first-order valence-electron chi connectivity index (χ1n) is 19.2. The van der Waals surface area contributed by atoms with Gasteiger partial charge in [0.05, 0.1) is 24.3 Å². The minimum atomic E-state index is -4.64. The quantitative estimate of drug-likeness (QED) is 0.0733. The van der Waals surface area contributed by atoms with Crippen LogP contribution in [0.25, 0.3) is 11.6 Å². The molecule has 4 fully saturated rings. The third-order valence-corrected chi connectivity index (χ3v) is 10.6. The van der Waals surface area contributed by atoms with Gasteiger partial charge in [0.15, 0.2) is 11.6 Å². The van der Waals surface area contributed by atoms with Crippen LogP contribution in [0.15, 0.2) is 48.8 Å². The first-order valence-corrected chi connectivity index (χ1v) is 19.9. The van der Waals surface area contributed by atoms with Crippen LogP contribution in [0.2, 0.25) is 10.3 Å². The van der Waals surface area contributed by atoms with E-state index in [0.717, 1.165) is 36.9 Å². The molecule has 312 valence electrons. The van der Waals surface area contributed by atoms with Gasteiger partial charge in [-0.3, -0.25) is 4.79 Å². The minimum absolute atomic E-state index is 0.0271. The van der Waals surface area contributed by atoms with Gasteiger partial charge >= 0.3 is 18.1 Å². The molecule has 4 aliphatic carbocycles. The van der Waals surface area contributed by atoms with Gasteiger partial charge in [-0.25, -0.2) is 28.9 Å². The molecule has 4 heterocycles. The highest BCUT2D eigenvalue weighted by atomic mass is 35.5. The zero-order valence-corrected chi connectivity index (χ0v) is 33.7. The van der Waals surface area contributed by atoms with E-state index in [1.807, 2.05) is 26.8 Å². The van der Waals surface area contributed by atoms with E-state index in [1.165, 1.54) is 62.1 Å². The van der Waals surface area contributed by atoms with Gasteiger partial charge in [-0.15, -0.1) is 10.2 Å². The van der Waals surface area contributed by atoms with Crippen molar-refractivity contribution in [2.45, 2.75) is 83.9 Å². The Morgan fingerprint density at radius 3 is 1.43 bits per heavy atom. The largest absolute Gasteiger partial charge is 0.478 e. The molecule has 0 atom stereocenters. The Bertz CT molecular complexity index is 2050. The SMILES string of the molecule is CC(C)(C)OC(=O)c1ccc(-n2ccc(OCC(C3CC3)C3CC3)n2)nc1Cl.O=C(O)c1ccc(-n2ccc(OCC(C3CC3)C3CC3)n2)nc1Cl.O=CC(F)(F)F. The van der Waals surface area contributed by atoms with Crippen molar-refractivity contribution in [3.63, 3.8) is 0 Å². The molecule has 4 aromatic heterocycles. The first-order chi connectivity index (χ1) is 27.5. The third kappa shape index (κ3) is 12.6. The molecule has 4 aliphatic rings. The second-order valence-corrected chi connectivity index (χ2v) is 16.7. The fourth-order valence-corrected chi connectivity index (χ4v) is 7.01. The van der Waals surface area contributed by atoms with E-state index in [2.05, 4.69) is 20.2 Å². The van der Waals surface area contributed by atoms with E-state index >= 15 is 0 Å². The predicted octanol–water partition coefficient (Wildman–Crippen LogP) is 8.87. The maximum absolute atomic E-state index is 12.2. The van der Waals surface area contributed by atoms with Crippen molar-refractivity contribution in [1.82, 2.24) is 29.5 Å². The normalized spacial score (nSPS) is 16.5. The van der Waals surface area contributed by atoms with Crippen molar-refractivity contribution in [3.05, 3.63) is 70.2 Å². The van der Waals surface area contributed by atoms with Crippen LogP contribution >= 0.6 is 23.2 Å². The fraction of sp³-hybridized carbons (Fsp3) is 0.525. The minimum Gasteiger partial charge on any atom is -0.478 e. The van der Waals surface area contributed by atoms with E-state index < -0.39 is 30.0 Å². The van der Waals surface area contributed by atoms with Crippen molar-refractivity contribution in [3.8, 4) is 23.4 Å². The van der Waals surface area contributed by atoms with E-state index in [-0.39, 0.29) is 21.4 Å². The van der Waals surface area contributed by atoms with Gasteiger partial charge in [0, 0.05) is 24.5 Å². The summed E-state index contributed by atoms with van der Waals surface area (Å²) in [5.41, 5.74) is -0.382. The number of alkyl halides is 3. The number of hydrogen-bond acceptors (Lipinski definition) is 10. The summed E-state index contributed by atoms with van der Waals surface area (Å²) in [5, 5.41) is 17.8. The average molecular weight is 850 g/mol. The van der Waals surface area contributed by atoms with Crippen molar-refractivity contribution >= 4 is 41.4 Å². The Hall–Kier alpha value is -4.70. The Morgan fingerprint density at radius 1 is 0.741 bits per heavy atom. The molecule has 4 saturated carbocycles. The number of carbonyl (C=O) groups is 3. The lowest BCUT2D eigenvalue weighted by Gasteiger charge is -2.19. The number of aromatic carboxylic acids is 1. The Morgan fingerprint density at radius 2 is 1.12 bits per heavy atom. The van der Waals surface area contributed by atoms with Crippen molar-refractivity contribution < 1.29 is 46.9 Å². The van der Waals surface area contributed by atoms with Gasteiger partial charge in [0.25, 0.3) is 0 Å². The van der Waals surface area contributed by atoms with Crippen molar-refractivity contribution in [2.75, 3.05) is 13.2 Å².